The van der Waals surface area contributed by atoms with E-state index in [9.17, 15) is 4.79 Å². The number of benzene rings is 1. The third kappa shape index (κ3) is 2.00. The molecule has 2 rings (SSSR count). The Morgan fingerprint density at radius 1 is 1.12 bits per heavy atom. The molecule has 0 aliphatic rings. The van der Waals surface area contributed by atoms with E-state index < -0.39 is 0 Å². The molecule has 0 unspecified atom stereocenters. The van der Waals surface area contributed by atoms with Crippen molar-refractivity contribution in [3.8, 4) is 11.4 Å². The molecule has 1 aromatic carbocycles. The molecule has 0 radical (unpaired) electrons. The van der Waals surface area contributed by atoms with E-state index in [1.54, 1.807) is 31.3 Å². The summed E-state index contributed by atoms with van der Waals surface area (Å²) in [5, 5.41) is 17.4. The highest BCUT2D eigenvalue weighted by Gasteiger charge is 2.05. The number of hydrogen-bond acceptors (Lipinski definition) is 5. The molecule has 1 amide bonds. The van der Waals surface area contributed by atoms with Gasteiger partial charge in [-0.15, -0.1) is 20.4 Å². The predicted molar refractivity (Wildman–Crippen MR) is 56.4 cm³/mol. The number of amides is 1. The van der Waals surface area contributed by atoms with Crippen LogP contribution in [-0.2, 0) is 0 Å². The van der Waals surface area contributed by atoms with E-state index in [2.05, 4.69) is 25.7 Å². The van der Waals surface area contributed by atoms with Crippen LogP contribution in [0.5, 0.6) is 0 Å². The number of nitrogens with zero attached hydrogens (tertiary/aromatic N) is 4. The van der Waals surface area contributed by atoms with E-state index in [1.165, 1.54) is 6.33 Å². The van der Waals surface area contributed by atoms with Crippen molar-refractivity contribution < 1.29 is 4.79 Å². The van der Waals surface area contributed by atoms with Crippen LogP contribution >= 0.6 is 0 Å². The van der Waals surface area contributed by atoms with E-state index >= 15 is 0 Å². The van der Waals surface area contributed by atoms with E-state index in [0.717, 1.165) is 5.56 Å². The lowest BCUT2D eigenvalue weighted by Crippen LogP contribution is -2.17. The van der Waals surface area contributed by atoms with Crippen molar-refractivity contribution in [2.45, 2.75) is 0 Å². The van der Waals surface area contributed by atoms with E-state index in [4.69, 9.17) is 0 Å². The molecule has 2 aromatic rings. The predicted octanol–water partition coefficient (Wildman–Crippen LogP) is 0.293. The topological polar surface area (TPSA) is 80.7 Å². The quantitative estimate of drug-likeness (QED) is 0.778. The van der Waals surface area contributed by atoms with Gasteiger partial charge in [-0.2, -0.15) is 0 Å². The van der Waals surface area contributed by atoms with Crippen molar-refractivity contribution >= 4 is 5.91 Å². The van der Waals surface area contributed by atoms with Crippen molar-refractivity contribution in [3.63, 3.8) is 0 Å². The van der Waals surface area contributed by atoms with Gasteiger partial charge in [-0.3, -0.25) is 4.79 Å². The van der Waals surface area contributed by atoms with Crippen LogP contribution in [0.4, 0.5) is 0 Å². The average Bonchev–Trinajstić information content (AvgIpc) is 2.39. The monoisotopic (exact) mass is 215 g/mol. The molecule has 1 N–H and O–H groups in total. The molecule has 6 nitrogen and oxygen atoms in total. The number of aromatic nitrogens is 4. The van der Waals surface area contributed by atoms with Gasteiger partial charge in [0.1, 0.15) is 0 Å². The van der Waals surface area contributed by atoms with Gasteiger partial charge in [-0.05, 0) is 12.1 Å². The second-order valence-electron chi connectivity index (χ2n) is 3.03. The first-order chi connectivity index (χ1) is 7.81. The first-order valence-corrected chi connectivity index (χ1v) is 4.64. The summed E-state index contributed by atoms with van der Waals surface area (Å²) in [4.78, 5) is 11.3. The molecule has 0 bridgehead atoms. The van der Waals surface area contributed by atoms with Gasteiger partial charge in [0.15, 0.2) is 6.33 Å². The molecular weight excluding hydrogens is 206 g/mol. The molecule has 1 aromatic heterocycles. The van der Waals surface area contributed by atoms with Gasteiger partial charge in [0.2, 0.25) is 5.82 Å². The molecule has 0 aliphatic carbocycles. The van der Waals surface area contributed by atoms with Crippen molar-refractivity contribution in [2.24, 2.45) is 0 Å². The first-order valence-electron chi connectivity index (χ1n) is 4.64. The first kappa shape index (κ1) is 10.2. The van der Waals surface area contributed by atoms with Gasteiger partial charge < -0.3 is 5.32 Å². The molecule has 0 saturated carbocycles. The van der Waals surface area contributed by atoms with Crippen molar-refractivity contribution in [1.82, 2.24) is 25.7 Å². The third-order valence-corrected chi connectivity index (χ3v) is 2.04. The summed E-state index contributed by atoms with van der Waals surface area (Å²) in [6.45, 7) is 0. The molecule has 0 spiro atoms. The lowest BCUT2D eigenvalue weighted by atomic mass is 10.1. The van der Waals surface area contributed by atoms with Crippen LogP contribution in [0.15, 0.2) is 30.6 Å². The van der Waals surface area contributed by atoms with E-state index in [1.807, 2.05) is 0 Å². The van der Waals surface area contributed by atoms with Crippen LogP contribution in [0.3, 0.4) is 0 Å². The van der Waals surface area contributed by atoms with Crippen LogP contribution < -0.4 is 5.32 Å². The summed E-state index contributed by atoms with van der Waals surface area (Å²) in [7, 11) is 1.59. The molecular formula is C10H9N5O. The third-order valence-electron chi connectivity index (χ3n) is 2.04. The second-order valence-corrected chi connectivity index (χ2v) is 3.03. The minimum atomic E-state index is -0.128. The van der Waals surface area contributed by atoms with Crippen molar-refractivity contribution in [3.05, 3.63) is 36.2 Å². The molecule has 1 heterocycles. The largest absolute Gasteiger partial charge is 0.355 e. The summed E-state index contributed by atoms with van der Waals surface area (Å²) in [6, 6.07) is 6.90. The zero-order valence-electron chi connectivity index (χ0n) is 8.58. The molecule has 16 heavy (non-hydrogen) atoms. The molecule has 0 atom stereocenters. The van der Waals surface area contributed by atoms with Gasteiger partial charge >= 0.3 is 0 Å². The van der Waals surface area contributed by atoms with Crippen LogP contribution in [0, 0.1) is 0 Å². The number of hydrogen-bond donors (Lipinski definition) is 1. The maximum Gasteiger partial charge on any atom is 0.251 e. The van der Waals surface area contributed by atoms with Gasteiger partial charge in [-0.1, -0.05) is 12.1 Å². The minimum absolute atomic E-state index is 0.128. The molecule has 0 fully saturated rings. The summed E-state index contributed by atoms with van der Waals surface area (Å²) < 4.78 is 0. The highest BCUT2D eigenvalue weighted by molar-refractivity contribution is 5.94. The van der Waals surface area contributed by atoms with Crippen LogP contribution in [0.25, 0.3) is 11.4 Å². The Kier molecular flexibility index (Phi) is 2.81. The summed E-state index contributed by atoms with van der Waals surface area (Å²) in [5.41, 5.74) is 1.36. The maximum atomic E-state index is 11.3. The zero-order chi connectivity index (χ0) is 11.4. The maximum absolute atomic E-state index is 11.3. The standard InChI is InChI=1S/C10H9N5O/c1-11-10(16)8-4-2-7(3-5-8)9-14-12-6-13-15-9/h2-6H,1H3,(H,11,16). The van der Waals surface area contributed by atoms with Crippen molar-refractivity contribution in [1.29, 1.82) is 0 Å². The average molecular weight is 215 g/mol. The summed E-state index contributed by atoms with van der Waals surface area (Å²) >= 11 is 0. The Morgan fingerprint density at radius 3 is 2.31 bits per heavy atom. The Morgan fingerprint density at radius 2 is 1.75 bits per heavy atom. The van der Waals surface area contributed by atoms with Gasteiger partial charge in [0.05, 0.1) is 0 Å². The SMILES string of the molecule is CNC(=O)c1ccc(-c2nncnn2)cc1. The fourth-order valence-electron chi connectivity index (χ4n) is 1.23. The van der Waals surface area contributed by atoms with Gasteiger partial charge in [0, 0.05) is 18.2 Å². The molecule has 80 valence electrons. The second kappa shape index (κ2) is 4.43. The van der Waals surface area contributed by atoms with Crippen molar-refractivity contribution in [2.75, 3.05) is 7.05 Å². The Balaban J connectivity index is 2.30. The fraction of sp³-hybridized carbons (Fsp3) is 0.100. The van der Waals surface area contributed by atoms with E-state index in [-0.39, 0.29) is 5.91 Å². The number of carbonyl (C=O) groups is 1. The van der Waals surface area contributed by atoms with Gasteiger partial charge in [0.25, 0.3) is 5.91 Å². The smallest absolute Gasteiger partial charge is 0.251 e. The normalized spacial score (nSPS) is 9.81. The molecule has 6 heteroatoms. The van der Waals surface area contributed by atoms with E-state index in [0.29, 0.717) is 11.4 Å². The Labute approximate surface area is 91.7 Å². The number of nitrogens with one attached hydrogen (secondary N) is 1. The van der Waals surface area contributed by atoms with Crippen LogP contribution in [-0.4, -0.2) is 33.3 Å². The lowest BCUT2D eigenvalue weighted by molar-refractivity contribution is 0.0963. The summed E-state index contributed by atoms with van der Waals surface area (Å²) in [6.07, 6.45) is 1.27. The summed E-state index contributed by atoms with van der Waals surface area (Å²) in [5.74, 6) is 0.308. The molecule has 0 aliphatic heterocycles. The fourth-order valence-corrected chi connectivity index (χ4v) is 1.23. The number of carbonyl (C=O) groups excluding carboxylic acids is 1. The van der Waals surface area contributed by atoms with Crippen LogP contribution in [0.1, 0.15) is 10.4 Å². The highest BCUT2D eigenvalue weighted by Crippen LogP contribution is 2.13. The molecule has 0 saturated heterocycles. The Hall–Kier alpha value is -2.37. The zero-order valence-corrected chi connectivity index (χ0v) is 8.58. The van der Waals surface area contributed by atoms with Crippen LogP contribution in [0.2, 0.25) is 0 Å². The highest BCUT2D eigenvalue weighted by atomic mass is 16.1. The minimum Gasteiger partial charge on any atom is -0.355 e. The lowest BCUT2D eigenvalue weighted by Gasteiger charge is -2.00. The number of rotatable bonds is 2. The Bertz CT molecular complexity index is 482. The van der Waals surface area contributed by atoms with Gasteiger partial charge in [-0.25, -0.2) is 0 Å².